The molecule has 3 rings (SSSR count). The SMILES string of the molecule is N#CNC(=NCCSC(F)(F)F)N1CC(N2CCCC2=O)C(c2ccc(Cl)c(Cl)c2)=N1. The van der Waals surface area contributed by atoms with Crippen LogP contribution in [0.1, 0.15) is 18.4 Å². The highest BCUT2D eigenvalue weighted by atomic mass is 35.5. The molecule has 2 aliphatic rings. The summed E-state index contributed by atoms with van der Waals surface area (Å²) in [5.41, 5.74) is -3.18. The fourth-order valence-electron chi connectivity index (χ4n) is 3.32. The predicted octanol–water partition coefficient (Wildman–Crippen LogP) is 3.68. The first-order valence-corrected chi connectivity index (χ1v) is 10.9. The van der Waals surface area contributed by atoms with Crippen LogP contribution in [0.4, 0.5) is 13.2 Å². The zero-order chi connectivity index (χ0) is 22.6. The van der Waals surface area contributed by atoms with E-state index in [9.17, 15) is 18.0 Å². The molecule has 1 aromatic rings. The number of carbonyl (C=O) groups is 1. The molecule has 0 aromatic heterocycles. The lowest BCUT2D eigenvalue weighted by atomic mass is 10.0. The van der Waals surface area contributed by atoms with E-state index in [-0.39, 0.29) is 42.5 Å². The van der Waals surface area contributed by atoms with Crippen molar-refractivity contribution in [3.63, 3.8) is 0 Å². The van der Waals surface area contributed by atoms with Crippen molar-refractivity contribution in [2.45, 2.75) is 24.4 Å². The molecule has 7 nitrogen and oxygen atoms in total. The molecule has 1 amide bonds. The number of carbonyl (C=O) groups excluding carboxylic acids is 1. The van der Waals surface area contributed by atoms with Crippen molar-refractivity contribution in [3.05, 3.63) is 33.8 Å². The summed E-state index contributed by atoms with van der Waals surface area (Å²) in [6.07, 6.45) is 2.87. The lowest BCUT2D eigenvalue weighted by Crippen LogP contribution is -2.45. The summed E-state index contributed by atoms with van der Waals surface area (Å²) in [6.45, 7) is 0.578. The van der Waals surface area contributed by atoms with Crippen molar-refractivity contribution in [1.82, 2.24) is 15.2 Å². The number of benzene rings is 1. The number of amides is 1. The predicted molar refractivity (Wildman–Crippen MR) is 114 cm³/mol. The maximum Gasteiger partial charge on any atom is 0.441 e. The highest BCUT2D eigenvalue weighted by Crippen LogP contribution is 2.30. The average molecular weight is 493 g/mol. The molecule has 166 valence electrons. The second-order valence-electron chi connectivity index (χ2n) is 6.64. The summed E-state index contributed by atoms with van der Waals surface area (Å²) in [6, 6.07) is 4.54. The van der Waals surface area contributed by atoms with Gasteiger partial charge in [-0.2, -0.15) is 23.5 Å². The minimum atomic E-state index is -4.35. The molecule has 0 saturated carbocycles. The smallest absolute Gasteiger partial charge is 0.332 e. The highest BCUT2D eigenvalue weighted by molar-refractivity contribution is 8.00. The third-order valence-electron chi connectivity index (χ3n) is 4.62. The average Bonchev–Trinajstić information content (AvgIpc) is 3.31. The van der Waals surface area contributed by atoms with E-state index in [1.165, 1.54) is 5.01 Å². The van der Waals surface area contributed by atoms with Crippen LogP contribution in [0, 0.1) is 11.5 Å². The van der Waals surface area contributed by atoms with Gasteiger partial charge in [0.05, 0.1) is 34.9 Å². The first-order chi connectivity index (χ1) is 14.7. The van der Waals surface area contributed by atoms with Gasteiger partial charge in [0.25, 0.3) is 0 Å². The molecule has 1 unspecified atom stereocenters. The Morgan fingerprint density at radius 1 is 1.39 bits per heavy atom. The number of nitriles is 1. The van der Waals surface area contributed by atoms with Crippen LogP contribution >= 0.6 is 35.0 Å². The van der Waals surface area contributed by atoms with Gasteiger partial charge in [0.1, 0.15) is 0 Å². The molecule has 31 heavy (non-hydrogen) atoms. The maximum absolute atomic E-state index is 12.4. The molecule has 1 atom stereocenters. The van der Waals surface area contributed by atoms with E-state index in [1.807, 2.05) is 0 Å². The Morgan fingerprint density at radius 2 is 2.16 bits per heavy atom. The van der Waals surface area contributed by atoms with Gasteiger partial charge in [-0.15, -0.1) is 0 Å². The van der Waals surface area contributed by atoms with Gasteiger partial charge in [0, 0.05) is 24.3 Å². The second-order valence-corrected chi connectivity index (χ2v) is 8.61. The van der Waals surface area contributed by atoms with Crippen molar-refractivity contribution < 1.29 is 18.0 Å². The Kier molecular flexibility index (Phi) is 7.56. The van der Waals surface area contributed by atoms with Gasteiger partial charge >= 0.3 is 5.51 Å². The molecule has 0 bridgehead atoms. The molecule has 1 aromatic carbocycles. The number of halogens is 5. The minimum Gasteiger partial charge on any atom is -0.332 e. The van der Waals surface area contributed by atoms with Crippen molar-refractivity contribution in [3.8, 4) is 6.19 Å². The van der Waals surface area contributed by atoms with Crippen molar-refractivity contribution in [1.29, 1.82) is 5.26 Å². The molecule has 2 heterocycles. The summed E-state index contributed by atoms with van der Waals surface area (Å²) in [7, 11) is 0. The minimum absolute atomic E-state index is 0.0111. The van der Waals surface area contributed by atoms with E-state index >= 15 is 0 Å². The maximum atomic E-state index is 12.4. The van der Waals surface area contributed by atoms with Crippen LogP contribution in [0.2, 0.25) is 10.0 Å². The number of hydrogen-bond donors (Lipinski definition) is 1. The van der Waals surface area contributed by atoms with Crippen molar-refractivity contribution in [2.24, 2.45) is 10.1 Å². The van der Waals surface area contributed by atoms with Crippen LogP contribution in [-0.2, 0) is 4.79 Å². The Bertz CT molecular complexity index is 949. The van der Waals surface area contributed by atoms with Crippen LogP contribution in [-0.4, -0.2) is 64.4 Å². The third kappa shape index (κ3) is 5.96. The second kappa shape index (κ2) is 9.97. The quantitative estimate of drug-likeness (QED) is 0.223. The van der Waals surface area contributed by atoms with Gasteiger partial charge in [-0.1, -0.05) is 29.3 Å². The molecular formula is C18H17Cl2F3N6OS. The molecule has 1 N–H and O–H groups in total. The van der Waals surface area contributed by atoms with Crippen LogP contribution in [0.25, 0.3) is 0 Å². The van der Waals surface area contributed by atoms with Gasteiger partial charge in [-0.25, -0.2) is 10.0 Å². The number of thioether (sulfide) groups is 1. The summed E-state index contributed by atoms with van der Waals surface area (Å²) >= 11 is 12.0. The lowest BCUT2D eigenvalue weighted by molar-refractivity contribution is -0.128. The van der Waals surface area contributed by atoms with E-state index < -0.39 is 11.6 Å². The number of nitrogens with zero attached hydrogens (tertiary/aromatic N) is 5. The molecule has 1 saturated heterocycles. The summed E-state index contributed by atoms with van der Waals surface area (Å²) in [5, 5.41) is 18.0. The summed E-state index contributed by atoms with van der Waals surface area (Å²) < 4.78 is 37.0. The number of hydrazone groups is 1. The zero-order valence-electron chi connectivity index (χ0n) is 16.0. The fourth-order valence-corrected chi connectivity index (χ4v) is 4.03. The van der Waals surface area contributed by atoms with E-state index in [4.69, 9.17) is 28.5 Å². The van der Waals surface area contributed by atoms with E-state index in [2.05, 4.69) is 15.4 Å². The molecule has 13 heteroatoms. The first kappa shape index (κ1) is 23.5. The topological polar surface area (TPSA) is 84.1 Å². The van der Waals surface area contributed by atoms with E-state index in [1.54, 1.807) is 29.3 Å². The third-order valence-corrected chi connectivity index (χ3v) is 6.08. The van der Waals surface area contributed by atoms with Gasteiger partial charge in [0.2, 0.25) is 11.9 Å². The monoisotopic (exact) mass is 492 g/mol. The van der Waals surface area contributed by atoms with Gasteiger partial charge < -0.3 is 4.90 Å². The van der Waals surface area contributed by atoms with Crippen molar-refractivity contribution >= 4 is 52.5 Å². The van der Waals surface area contributed by atoms with E-state index in [0.29, 0.717) is 34.3 Å². The van der Waals surface area contributed by atoms with Crippen LogP contribution in [0.5, 0.6) is 0 Å². The van der Waals surface area contributed by atoms with Crippen LogP contribution in [0.3, 0.4) is 0 Å². The van der Waals surface area contributed by atoms with Crippen LogP contribution in [0.15, 0.2) is 28.3 Å². The standard InChI is InChI=1S/C18H17Cl2F3N6OS/c19-12-4-3-11(8-13(12)20)16-14(28-6-1-2-15(28)30)9-29(27-16)17(26-10-24)25-5-7-31-18(21,22)23/h3-4,8,14H,1-2,5-7,9H2,(H,25,26). The Morgan fingerprint density at radius 3 is 2.77 bits per heavy atom. The summed E-state index contributed by atoms with van der Waals surface area (Å²) in [4.78, 5) is 18.1. The summed E-state index contributed by atoms with van der Waals surface area (Å²) in [5.74, 6) is -0.310. The molecular weight excluding hydrogens is 476 g/mol. The molecule has 0 radical (unpaired) electrons. The van der Waals surface area contributed by atoms with Gasteiger partial charge in [-0.05, 0) is 30.3 Å². The molecule has 0 spiro atoms. The highest BCUT2D eigenvalue weighted by Gasteiger charge is 2.38. The molecule has 2 aliphatic heterocycles. The number of rotatable bonds is 5. The van der Waals surface area contributed by atoms with Gasteiger partial charge in [-0.3, -0.25) is 10.1 Å². The van der Waals surface area contributed by atoms with Crippen molar-refractivity contribution in [2.75, 3.05) is 25.4 Å². The first-order valence-electron chi connectivity index (χ1n) is 9.21. The normalized spacial score (nSPS) is 19.6. The number of nitrogens with one attached hydrogen (secondary N) is 1. The van der Waals surface area contributed by atoms with Gasteiger partial charge in [0.15, 0.2) is 6.19 Å². The number of aliphatic imine (C=N–C) groups is 1. The number of alkyl halides is 3. The fraction of sp³-hybridized carbons (Fsp3) is 0.444. The lowest BCUT2D eigenvalue weighted by Gasteiger charge is -2.25. The Labute approximate surface area is 190 Å². The number of guanidine groups is 1. The number of likely N-dealkylation sites (tertiary alicyclic amines) is 1. The largest absolute Gasteiger partial charge is 0.441 e. The Balaban J connectivity index is 1.88. The molecule has 1 fully saturated rings. The Hall–Kier alpha value is -2.16. The zero-order valence-corrected chi connectivity index (χ0v) is 18.3. The van der Waals surface area contributed by atoms with E-state index in [0.717, 1.165) is 6.42 Å². The number of hydrogen-bond acceptors (Lipinski definition) is 5. The van der Waals surface area contributed by atoms with Crippen LogP contribution < -0.4 is 5.32 Å². The molecule has 0 aliphatic carbocycles.